The lowest BCUT2D eigenvalue weighted by Crippen LogP contribution is -2.38. The predicted molar refractivity (Wildman–Crippen MR) is 83.9 cm³/mol. The molecule has 0 aromatic heterocycles. The first kappa shape index (κ1) is 16.3. The van der Waals surface area contributed by atoms with Crippen LogP contribution in [0.1, 0.15) is 26.7 Å². The molecule has 21 heavy (non-hydrogen) atoms. The van der Waals surface area contributed by atoms with Crippen LogP contribution in [0.25, 0.3) is 0 Å². The summed E-state index contributed by atoms with van der Waals surface area (Å²) in [5.74, 6) is 0.215. The van der Waals surface area contributed by atoms with Crippen molar-refractivity contribution in [2.75, 3.05) is 24.6 Å². The van der Waals surface area contributed by atoms with E-state index >= 15 is 0 Å². The summed E-state index contributed by atoms with van der Waals surface area (Å²) < 4.78 is 27.6. The highest BCUT2D eigenvalue weighted by Crippen LogP contribution is 2.29. The van der Waals surface area contributed by atoms with Crippen LogP contribution in [0, 0.1) is 5.92 Å². The van der Waals surface area contributed by atoms with Gasteiger partial charge in [-0.15, -0.1) is 0 Å². The van der Waals surface area contributed by atoms with Crippen molar-refractivity contribution in [2.45, 2.75) is 37.6 Å². The van der Waals surface area contributed by atoms with Gasteiger partial charge >= 0.3 is 0 Å². The molecule has 2 N–H and O–H groups in total. The molecule has 0 aliphatic carbocycles. The van der Waals surface area contributed by atoms with Crippen molar-refractivity contribution in [1.82, 2.24) is 4.72 Å². The SMILES string of the molecule is CC(C)NS(=O)(=O)c1ccccc1N1CCCC(CO)C1. The van der Waals surface area contributed by atoms with Crippen LogP contribution in [0.5, 0.6) is 0 Å². The van der Waals surface area contributed by atoms with E-state index in [9.17, 15) is 13.5 Å². The van der Waals surface area contributed by atoms with E-state index in [1.807, 2.05) is 26.0 Å². The molecule has 2 rings (SSSR count). The smallest absolute Gasteiger partial charge is 0.242 e. The Labute approximate surface area is 127 Å². The Hall–Kier alpha value is -1.11. The predicted octanol–water partition coefficient (Wildman–Crippen LogP) is 1.58. The molecule has 6 heteroatoms. The Morgan fingerprint density at radius 1 is 1.38 bits per heavy atom. The van der Waals surface area contributed by atoms with Gasteiger partial charge in [-0.1, -0.05) is 12.1 Å². The zero-order valence-corrected chi connectivity index (χ0v) is 13.4. The standard InChI is InChI=1S/C15H24N2O3S/c1-12(2)16-21(19,20)15-8-4-3-7-14(15)17-9-5-6-13(10-17)11-18/h3-4,7-8,12-13,16,18H,5-6,9-11H2,1-2H3. The van der Waals surface area contributed by atoms with Gasteiger partial charge in [0.15, 0.2) is 0 Å². The van der Waals surface area contributed by atoms with E-state index in [1.54, 1.807) is 12.1 Å². The van der Waals surface area contributed by atoms with Crippen molar-refractivity contribution in [3.63, 3.8) is 0 Å². The van der Waals surface area contributed by atoms with E-state index in [2.05, 4.69) is 9.62 Å². The molecule has 1 aliphatic rings. The third-order valence-corrected chi connectivity index (χ3v) is 5.37. The Bertz CT molecular complexity index is 572. The normalized spacial score (nSPS) is 20.0. The average molecular weight is 312 g/mol. The first-order chi connectivity index (χ1) is 9.94. The topological polar surface area (TPSA) is 69.6 Å². The number of nitrogens with zero attached hydrogens (tertiary/aromatic N) is 1. The van der Waals surface area contributed by atoms with Gasteiger partial charge in [0.1, 0.15) is 4.90 Å². The molecule has 0 saturated carbocycles. The van der Waals surface area contributed by atoms with E-state index in [4.69, 9.17) is 0 Å². The van der Waals surface area contributed by atoms with Gasteiger partial charge in [0, 0.05) is 25.7 Å². The maximum Gasteiger partial charge on any atom is 0.242 e. The van der Waals surface area contributed by atoms with Crippen molar-refractivity contribution < 1.29 is 13.5 Å². The molecule has 0 amide bonds. The van der Waals surface area contributed by atoms with E-state index < -0.39 is 10.0 Å². The fraction of sp³-hybridized carbons (Fsp3) is 0.600. The highest BCUT2D eigenvalue weighted by molar-refractivity contribution is 7.89. The number of anilines is 1. The molecule has 1 aliphatic heterocycles. The Morgan fingerprint density at radius 2 is 2.10 bits per heavy atom. The maximum absolute atomic E-state index is 12.5. The number of nitrogens with one attached hydrogen (secondary N) is 1. The lowest BCUT2D eigenvalue weighted by molar-refractivity contribution is 0.208. The van der Waals surface area contributed by atoms with Crippen molar-refractivity contribution in [1.29, 1.82) is 0 Å². The van der Waals surface area contributed by atoms with Crippen LogP contribution in [-0.4, -0.2) is 39.3 Å². The van der Waals surface area contributed by atoms with Gasteiger partial charge in [-0.05, 0) is 44.7 Å². The van der Waals surface area contributed by atoms with E-state index in [1.165, 1.54) is 0 Å². The van der Waals surface area contributed by atoms with E-state index in [-0.39, 0.29) is 18.6 Å². The van der Waals surface area contributed by atoms with Gasteiger partial charge in [0.25, 0.3) is 0 Å². The maximum atomic E-state index is 12.5. The molecule has 1 fully saturated rings. The van der Waals surface area contributed by atoms with Crippen LogP contribution >= 0.6 is 0 Å². The summed E-state index contributed by atoms with van der Waals surface area (Å²) in [5, 5.41) is 9.35. The van der Waals surface area contributed by atoms with Crippen molar-refractivity contribution >= 4 is 15.7 Å². The number of hydrogen-bond acceptors (Lipinski definition) is 4. The molecule has 1 unspecified atom stereocenters. The number of aliphatic hydroxyl groups excluding tert-OH is 1. The third-order valence-electron chi connectivity index (χ3n) is 3.66. The first-order valence-corrected chi connectivity index (χ1v) is 8.89. The molecule has 1 aromatic carbocycles. The van der Waals surface area contributed by atoms with Gasteiger partial charge < -0.3 is 10.0 Å². The first-order valence-electron chi connectivity index (χ1n) is 7.41. The lowest BCUT2D eigenvalue weighted by Gasteiger charge is -2.34. The van der Waals surface area contributed by atoms with Crippen LogP contribution < -0.4 is 9.62 Å². The minimum absolute atomic E-state index is 0.144. The minimum atomic E-state index is -3.52. The summed E-state index contributed by atoms with van der Waals surface area (Å²) in [7, 11) is -3.52. The van der Waals surface area contributed by atoms with Gasteiger partial charge in [-0.2, -0.15) is 0 Å². The molecular weight excluding hydrogens is 288 g/mol. The zero-order chi connectivity index (χ0) is 15.5. The summed E-state index contributed by atoms with van der Waals surface area (Å²) >= 11 is 0. The second-order valence-corrected chi connectivity index (χ2v) is 7.56. The van der Waals surface area contributed by atoms with Crippen molar-refractivity contribution in [3.05, 3.63) is 24.3 Å². The summed E-state index contributed by atoms with van der Waals surface area (Å²) in [6, 6.07) is 6.93. The van der Waals surface area contributed by atoms with Crippen LogP contribution in [0.2, 0.25) is 0 Å². The molecule has 0 radical (unpaired) electrons. The van der Waals surface area contributed by atoms with Gasteiger partial charge in [-0.25, -0.2) is 13.1 Å². The molecule has 1 saturated heterocycles. The molecule has 0 spiro atoms. The van der Waals surface area contributed by atoms with Crippen LogP contribution in [0.3, 0.4) is 0 Å². The largest absolute Gasteiger partial charge is 0.396 e. The van der Waals surface area contributed by atoms with Gasteiger partial charge in [-0.3, -0.25) is 0 Å². The van der Waals surface area contributed by atoms with Crippen LogP contribution in [0.15, 0.2) is 29.2 Å². The van der Waals surface area contributed by atoms with E-state index in [0.29, 0.717) is 11.4 Å². The second-order valence-electron chi connectivity index (χ2n) is 5.88. The number of piperidine rings is 1. The Kier molecular flexibility index (Phi) is 5.24. The van der Waals surface area contributed by atoms with Gasteiger partial charge in [0.2, 0.25) is 10.0 Å². The highest BCUT2D eigenvalue weighted by Gasteiger charge is 2.25. The molecule has 1 aromatic rings. The quantitative estimate of drug-likeness (QED) is 0.866. The number of aliphatic hydroxyl groups is 1. The molecule has 5 nitrogen and oxygen atoms in total. The third kappa shape index (κ3) is 3.96. The fourth-order valence-corrected chi connectivity index (χ4v) is 4.23. The zero-order valence-electron chi connectivity index (χ0n) is 12.6. The fourth-order valence-electron chi connectivity index (χ4n) is 2.75. The van der Waals surface area contributed by atoms with Gasteiger partial charge in [0.05, 0.1) is 5.69 Å². The molecule has 118 valence electrons. The van der Waals surface area contributed by atoms with Crippen molar-refractivity contribution in [2.24, 2.45) is 5.92 Å². The number of benzene rings is 1. The Morgan fingerprint density at radius 3 is 2.76 bits per heavy atom. The number of hydrogen-bond donors (Lipinski definition) is 2. The average Bonchev–Trinajstić information content (AvgIpc) is 2.46. The van der Waals surface area contributed by atoms with Crippen LogP contribution in [0.4, 0.5) is 5.69 Å². The minimum Gasteiger partial charge on any atom is -0.396 e. The number of para-hydroxylation sites is 1. The molecule has 1 heterocycles. The molecule has 0 bridgehead atoms. The van der Waals surface area contributed by atoms with Crippen LogP contribution in [-0.2, 0) is 10.0 Å². The second kappa shape index (κ2) is 6.77. The molecular formula is C15H24N2O3S. The highest BCUT2D eigenvalue weighted by atomic mass is 32.2. The summed E-state index contributed by atoms with van der Waals surface area (Å²) in [6.07, 6.45) is 1.96. The lowest BCUT2D eigenvalue weighted by atomic mass is 9.98. The number of sulfonamides is 1. The summed E-state index contributed by atoms with van der Waals surface area (Å²) in [6.45, 7) is 5.29. The summed E-state index contributed by atoms with van der Waals surface area (Å²) in [4.78, 5) is 2.39. The Balaban J connectivity index is 2.33. The number of rotatable bonds is 5. The van der Waals surface area contributed by atoms with Crippen molar-refractivity contribution in [3.8, 4) is 0 Å². The molecule has 1 atom stereocenters. The monoisotopic (exact) mass is 312 g/mol. The van der Waals surface area contributed by atoms with E-state index in [0.717, 1.165) is 25.1 Å². The summed E-state index contributed by atoms with van der Waals surface area (Å²) in [5.41, 5.74) is 0.726.